The lowest BCUT2D eigenvalue weighted by molar-refractivity contribution is -0.119. The Kier molecular flexibility index (Phi) is 7.80. The minimum absolute atomic E-state index is 0.310. The van der Waals surface area contributed by atoms with Crippen molar-refractivity contribution >= 4 is 30.6 Å². The van der Waals surface area contributed by atoms with Crippen LogP contribution in [0.15, 0.2) is 0 Å². The molecule has 0 fully saturated rings. The Labute approximate surface area is 87.4 Å². The maximum absolute atomic E-state index is 12.5. The molecule has 0 rings (SSSR count). The van der Waals surface area contributed by atoms with Crippen molar-refractivity contribution in [2.45, 2.75) is 32.6 Å². The van der Waals surface area contributed by atoms with E-state index in [1.807, 2.05) is 6.92 Å². The first kappa shape index (κ1) is 13.7. The summed E-state index contributed by atoms with van der Waals surface area (Å²) in [5.41, 5.74) is -1.51. The summed E-state index contributed by atoms with van der Waals surface area (Å²) in [5, 5.41) is 8.19. The average Bonchev–Trinajstić information content (AvgIpc) is 2.14. The third-order valence-corrected chi connectivity index (χ3v) is 3.40. The Bertz CT molecular complexity index is 205. The van der Waals surface area contributed by atoms with Crippen LogP contribution in [0.4, 0.5) is 8.99 Å². The van der Waals surface area contributed by atoms with E-state index in [-0.39, 0.29) is 5.91 Å². The largest absolute Gasteiger partial charge is 0.475 e. The van der Waals surface area contributed by atoms with Crippen LogP contribution in [0, 0.1) is 0 Å². The Hall–Kier alpha value is -0.350. The minimum Gasteiger partial charge on any atom is -0.475 e. The zero-order chi connectivity index (χ0) is 11.0. The van der Waals surface area contributed by atoms with E-state index in [2.05, 4.69) is 4.72 Å². The fraction of sp³-hybridized carbons (Fsp3) is 0.714. The molecule has 0 aromatic heterocycles. The number of rotatable bonds is 7. The zero-order valence-electron chi connectivity index (χ0n) is 7.83. The van der Waals surface area contributed by atoms with Crippen molar-refractivity contribution in [1.82, 2.24) is 4.72 Å². The molecule has 2 N–H and O–H groups in total. The van der Waals surface area contributed by atoms with Crippen LogP contribution in [0.2, 0.25) is 0 Å². The molecule has 14 heavy (non-hydrogen) atoms. The van der Waals surface area contributed by atoms with Gasteiger partial charge in [-0.05, 0) is 6.42 Å². The van der Waals surface area contributed by atoms with E-state index in [4.69, 9.17) is 5.11 Å². The van der Waals surface area contributed by atoms with E-state index in [1.165, 1.54) is 0 Å². The van der Waals surface area contributed by atoms with E-state index in [0.717, 1.165) is 19.3 Å². The third kappa shape index (κ3) is 7.09. The molecule has 1 unspecified atom stereocenters. The van der Waals surface area contributed by atoms with Crippen LogP contribution in [-0.4, -0.2) is 16.7 Å². The first-order valence-electron chi connectivity index (χ1n) is 4.22. The van der Waals surface area contributed by atoms with Gasteiger partial charge in [0.05, 0.1) is 0 Å². The normalized spacial score (nSPS) is 12.1. The summed E-state index contributed by atoms with van der Waals surface area (Å²) >= 11 is 0.350. The minimum atomic E-state index is -2.69. The van der Waals surface area contributed by atoms with E-state index < -0.39 is 13.1 Å². The summed E-state index contributed by atoms with van der Waals surface area (Å²) in [5.74, 6) is -0.310. The molecule has 1 atom stereocenters. The Balaban J connectivity index is 3.48. The Morgan fingerprint density at radius 1 is 1.50 bits per heavy atom. The number of carboxylic acid groups (broad SMARTS) is 1. The molecular weight excluding hydrogens is 228 g/mol. The number of hydrogen-bond donors (Lipinski definition) is 2. The van der Waals surface area contributed by atoms with Crippen LogP contribution in [0.25, 0.3) is 0 Å². The van der Waals surface area contributed by atoms with E-state index in [0.29, 0.717) is 18.0 Å². The topological polar surface area (TPSA) is 66.4 Å². The van der Waals surface area contributed by atoms with Crippen molar-refractivity contribution in [2.24, 2.45) is 0 Å². The molecule has 0 spiro atoms. The maximum Gasteiger partial charge on any atom is 0.370 e. The van der Waals surface area contributed by atoms with Crippen LogP contribution in [-0.2, 0) is 4.79 Å². The molecule has 82 valence electrons. The summed E-state index contributed by atoms with van der Waals surface area (Å²) in [4.78, 5) is 21.0. The number of halogens is 1. The van der Waals surface area contributed by atoms with Gasteiger partial charge < -0.3 is 5.11 Å². The number of nitrogens with one attached hydrogen (secondary N) is 1. The van der Waals surface area contributed by atoms with Gasteiger partial charge in [0.25, 0.3) is 7.43 Å². The van der Waals surface area contributed by atoms with Gasteiger partial charge in [0.1, 0.15) is 0 Å². The third-order valence-electron chi connectivity index (χ3n) is 1.40. The lowest BCUT2D eigenvalue weighted by Gasteiger charge is -2.03. The number of unbranched alkanes of at least 4 members (excludes halogenated alkanes) is 2. The first-order valence-corrected chi connectivity index (χ1v) is 6.88. The number of amides is 1. The molecule has 7 heteroatoms. The second kappa shape index (κ2) is 8.00. The number of hydrogen-bond acceptors (Lipinski definition) is 3. The molecule has 0 aliphatic rings. The van der Waals surface area contributed by atoms with Crippen molar-refractivity contribution < 1.29 is 18.9 Å². The number of carbonyl (C=O) groups excluding carboxylic acids is 1. The van der Waals surface area contributed by atoms with Crippen LogP contribution >= 0.6 is 19.0 Å². The molecule has 0 heterocycles. The highest BCUT2D eigenvalue weighted by Gasteiger charge is 2.18. The summed E-state index contributed by atoms with van der Waals surface area (Å²) in [6, 6.07) is 0. The monoisotopic (exact) mass is 241 g/mol. The highest BCUT2D eigenvalue weighted by Crippen LogP contribution is 2.49. The van der Waals surface area contributed by atoms with Crippen molar-refractivity contribution in [3.05, 3.63) is 0 Å². The second-order valence-electron chi connectivity index (χ2n) is 2.60. The van der Waals surface area contributed by atoms with Gasteiger partial charge in [0.15, 0.2) is 0 Å². The van der Waals surface area contributed by atoms with Crippen LogP contribution in [0.5, 0.6) is 0 Å². The molecule has 0 aliphatic carbocycles. The Morgan fingerprint density at radius 2 is 2.14 bits per heavy atom. The summed E-state index contributed by atoms with van der Waals surface area (Å²) in [6.07, 6.45) is 3.02. The smallest absolute Gasteiger partial charge is 0.370 e. The zero-order valence-corrected chi connectivity index (χ0v) is 9.54. The molecule has 0 aliphatic heterocycles. The van der Waals surface area contributed by atoms with Crippen molar-refractivity contribution in [1.29, 1.82) is 0 Å². The van der Waals surface area contributed by atoms with Gasteiger partial charge >= 0.3 is 5.71 Å². The fourth-order valence-corrected chi connectivity index (χ4v) is 1.86. The van der Waals surface area contributed by atoms with E-state index in [1.54, 1.807) is 0 Å². The van der Waals surface area contributed by atoms with Crippen molar-refractivity contribution in [3.8, 4) is 0 Å². The molecule has 0 radical (unpaired) electrons. The lowest BCUT2D eigenvalue weighted by atomic mass is 10.2. The van der Waals surface area contributed by atoms with E-state index in [9.17, 15) is 13.8 Å². The first-order chi connectivity index (χ1) is 6.57. The predicted molar refractivity (Wildman–Crippen MR) is 55.9 cm³/mol. The van der Waals surface area contributed by atoms with Gasteiger partial charge in [0, 0.05) is 18.0 Å². The highest BCUT2D eigenvalue weighted by molar-refractivity contribution is 8.57. The average molecular weight is 241 g/mol. The fourth-order valence-electron chi connectivity index (χ4n) is 0.717. The Morgan fingerprint density at radius 3 is 2.64 bits per heavy atom. The molecule has 0 bridgehead atoms. The van der Waals surface area contributed by atoms with Gasteiger partial charge in [-0.3, -0.25) is 9.52 Å². The molecule has 0 aromatic carbocycles. The standard InChI is InChI=1S/C7H13FNO3PS/c1-2-3-4-5-6(10)9-14-13(8)7(11)12/h2-5H2,1H3,(H,9,10)(H,11,12). The number of carbonyl (C=O) groups is 2. The van der Waals surface area contributed by atoms with Crippen LogP contribution in [0.3, 0.4) is 0 Å². The van der Waals surface area contributed by atoms with Crippen molar-refractivity contribution in [3.63, 3.8) is 0 Å². The molecular formula is C7H13FNO3PS. The van der Waals surface area contributed by atoms with Crippen molar-refractivity contribution in [2.75, 3.05) is 0 Å². The van der Waals surface area contributed by atoms with E-state index >= 15 is 0 Å². The lowest BCUT2D eigenvalue weighted by Crippen LogP contribution is -2.14. The van der Waals surface area contributed by atoms with Gasteiger partial charge in [-0.1, -0.05) is 19.8 Å². The van der Waals surface area contributed by atoms with Gasteiger partial charge in [0.2, 0.25) is 5.91 Å². The predicted octanol–water partition coefficient (Wildman–Crippen LogP) is 3.29. The molecule has 0 saturated carbocycles. The summed E-state index contributed by atoms with van der Waals surface area (Å²) in [7, 11) is -2.69. The summed E-state index contributed by atoms with van der Waals surface area (Å²) < 4.78 is 14.7. The quantitative estimate of drug-likeness (QED) is 0.407. The van der Waals surface area contributed by atoms with Gasteiger partial charge in [-0.25, -0.2) is 8.99 Å². The molecule has 1 amide bonds. The van der Waals surface area contributed by atoms with Crippen LogP contribution in [0.1, 0.15) is 32.6 Å². The van der Waals surface area contributed by atoms with Gasteiger partial charge in [-0.2, -0.15) is 0 Å². The SMILES string of the molecule is CCCCCC(=O)NSP(F)C(=O)O. The maximum atomic E-state index is 12.5. The van der Waals surface area contributed by atoms with Gasteiger partial charge in [-0.15, -0.1) is 0 Å². The summed E-state index contributed by atoms with van der Waals surface area (Å²) in [6.45, 7) is 2.01. The van der Waals surface area contributed by atoms with Crippen LogP contribution < -0.4 is 4.72 Å². The molecule has 4 nitrogen and oxygen atoms in total. The second-order valence-corrected chi connectivity index (χ2v) is 5.37. The molecule has 0 aromatic rings. The highest BCUT2D eigenvalue weighted by atomic mass is 32.7. The molecule has 0 saturated heterocycles.